The van der Waals surface area contributed by atoms with Crippen molar-refractivity contribution < 1.29 is 5.11 Å². The predicted molar refractivity (Wildman–Crippen MR) is 112 cm³/mol. The minimum atomic E-state index is -0.718. The molecule has 144 valence electrons. The van der Waals surface area contributed by atoms with E-state index >= 15 is 0 Å². The zero-order chi connectivity index (χ0) is 17.6. The second-order valence-corrected chi connectivity index (χ2v) is 6.49. The molecule has 0 amide bonds. The second kappa shape index (κ2) is 10.3. The Hall–Kier alpha value is -0.900. The van der Waals surface area contributed by atoms with E-state index in [1.807, 2.05) is 25.5 Å². The van der Waals surface area contributed by atoms with Gasteiger partial charge < -0.3 is 15.7 Å². The normalized spacial score (nSPS) is 17.6. The maximum Gasteiger partial charge on any atom is 0.191 e. The number of hydrogen-bond acceptors (Lipinski definition) is 4. The lowest BCUT2D eigenvalue weighted by Gasteiger charge is -2.27. The maximum absolute atomic E-state index is 10.4. The summed E-state index contributed by atoms with van der Waals surface area (Å²) in [4.78, 5) is 9.15. The molecule has 1 aliphatic heterocycles. The van der Waals surface area contributed by atoms with Gasteiger partial charge in [-0.1, -0.05) is 20.8 Å². The van der Waals surface area contributed by atoms with Gasteiger partial charge >= 0.3 is 0 Å². The summed E-state index contributed by atoms with van der Waals surface area (Å²) in [5.74, 6) is 2.77. The van der Waals surface area contributed by atoms with Crippen LogP contribution in [0.5, 0.6) is 0 Å². The lowest BCUT2D eigenvalue weighted by Crippen LogP contribution is -2.47. The SMILES string of the molecule is CCNC(=NCC(O)(CC)CC)NC1CCc2nc(CC)nn2C1.I. The highest BCUT2D eigenvalue weighted by atomic mass is 127. The molecule has 7 nitrogen and oxygen atoms in total. The lowest BCUT2D eigenvalue weighted by molar-refractivity contribution is 0.0417. The molecule has 1 aromatic rings. The van der Waals surface area contributed by atoms with E-state index in [1.54, 1.807) is 0 Å². The predicted octanol–water partition coefficient (Wildman–Crippen LogP) is 1.88. The van der Waals surface area contributed by atoms with E-state index in [0.717, 1.165) is 50.0 Å². The first kappa shape index (κ1) is 22.1. The minimum Gasteiger partial charge on any atom is -0.388 e. The third-order valence-electron chi connectivity index (χ3n) is 4.75. The molecule has 2 rings (SSSR count). The van der Waals surface area contributed by atoms with Gasteiger partial charge in [-0.25, -0.2) is 9.67 Å². The molecular weight excluding hydrogens is 431 g/mol. The quantitative estimate of drug-likeness (QED) is 0.326. The van der Waals surface area contributed by atoms with Crippen molar-refractivity contribution in [3.63, 3.8) is 0 Å². The van der Waals surface area contributed by atoms with Crippen molar-refractivity contribution in [2.24, 2.45) is 4.99 Å². The fourth-order valence-electron chi connectivity index (χ4n) is 2.84. The highest BCUT2D eigenvalue weighted by Crippen LogP contribution is 2.15. The standard InChI is InChI=1S/C17H32N6O.HI/c1-5-14-21-15-10-9-13(11-23(15)22-14)20-16(18-8-4)19-12-17(24,6-2)7-3;/h13,24H,5-12H2,1-4H3,(H2,18,19,20);1H. The number of guanidine groups is 1. The van der Waals surface area contributed by atoms with Crippen molar-refractivity contribution in [3.8, 4) is 0 Å². The fourth-order valence-corrected chi connectivity index (χ4v) is 2.84. The third-order valence-corrected chi connectivity index (χ3v) is 4.75. The number of hydrogen-bond donors (Lipinski definition) is 3. The number of rotatable bonds is 7. The summed E-state index contributed by atoms with van der Waals surface area (Å²) in [5, 5.41) is 21.7. The van der Waals surface area contributed by atoms with E-state index < -0.39 is 5.60 Å². The number of nitrogens with one attached hydrogen (secondary N) is 2. The monoisotopic (exact) mass is 464 g/mol. The van der Waals surface area contributed by atoms with Crippen molar-refractivity contribution in [1.29, 1.82) is 0 Å². The topological polar surface area (TPSA) is 87.4 Å². The Morgan fingerprint density at radius 2 is 2.04 bits per heavy atom. The second-order valence-electron chi connectivity index (χ2n) is 6.49. The van der Waals surface area contributed by atoms with Crippen LogP contribution in [0.2, 0.25) is 0 Å². The number of fused-ring (bicyclic) bond motifs is 1. The Labute approximate surface area is 168 Å². The van der Waals surface area contributed by atoms with Crippen LogP contribution in [0.4, 0.5) is 0 Å². The number of aliphatic hydroxyl groups is 1. The van der Waals surface area contributed by atoms with Crippen LogP contribution in [-0.4, -0.2) is 50.6 Å². The van der Waals surface area contributed by atoms with Crippen LogP contribution in [0.3, 0.4) is 0 Å². The van der Waals surface area contributed by atoms with Crippen molar-refractivity contribution in [2.75, 3.05) is 13.1 Å². The van der Waals surface area contributed by atoms with E-state index in [1.165, 1.54) is 0 Å². The summed E-state index contributed by atoms with van der Waals surface area (Å²) in [6, 6.07) is 0.276. The molecule has 2 heterocycles. The molecule has 0 bridgehead atoms. The number of aliphatic imine (C=N–C) groups is 1. The molecule has 25 heavy (non-hydrogen) atoms. The third kappa shape index (κ3) is 6.09. The molecule has 3 N–H and O–H groups in total. The largest absolute Gasteiger partial charge is 0.388 e. The van der Waals surface area contributed by atoms with Crippen molar-refractivity contribution in [3.05, 3.63) is 11.6 Å². The maximum atomic E-state index is 10.4. The van der Waals surface area contributed by atoms with Crippen LogP contribution in [0.15, 0.2) is 4.99 Å². The zero-order valence-corrected chi connectivity index (χ0v) is 18.2. The van der Waals surface area contributed by atoms with E-state index in [4.69, 9.17) is 0 Å². The molecule has 0 aliphatic carbocycles. The van der Waals surface area contributed by atoms with Gasteiger partial charge in [0, 0.05) is 25.4 Å². The number of aromatic nitrogens is 3. The van der Waals surface area contributed by atoms with Gasteiger partial charge in [0.2, 0.25) is 0 Å². The van der Waals surface area contributed by atoms with Gasteiger partial charge in [-0.15, -0.1) is 24.0 Å². The first-order valence-corrected chi connectivity index (χ1v) is 9.23. The van der Waals surface area contributed by atoms with E-state index in [0.29, 0.717) is 19.4 Å². The van der Waals surface area contributed by atoms with Gasteiger partial charge in [-0.3, -0.25) is 4.99 Å². The van der Waals surface area contributed by atoms with Gasteiger partial charge in [0.05, 0.1) is 18.7 Å². The van der Waals surface area contributed by atoms with Gasteiger partial charge in [0.1, 0.15) is 5.82 Å². The first-order valence-electron chi connectivity index (χ1n) is 9.23. The highest BCUT2D eigenvalue weighted by Gasteiger charge is 2.24. The Balaban J connectivity index is 0.00000312. The van der Waals surface area contributed by atoms with Crippen molar-refractivity contribution >= 4 is 29.9 Å². The Bertz CT molecular complexity index is 555. The molecule has 0 saturated carbocycles. The Kier molecular flexibility index (Phi) is 9.12. The first-order chi connectivity index (χ1) is 11.5. The highest BCUT2D eigenvalue weighted by molar-refractivity contribution is 14.0. The summed E-state index contributed by atoms with van der Waals surface area (Å²) >= 11 is 0. The van der Waals surface area contributed by atoms with Gasteiger partial charge in [-0.2, -0.15) is 5.10 Å². The lowest BCUT2D eigenvalue weighted by atomic mass is 9.98. The zero-order valence-electron chi connectivity index (χ0n) is 15.9. The van der Waals surface area contributed by atoms with Gasteiger partial charge in [0.25, 0.3) is 0 Å². The summed E-state index contributed by atoms with van der Waals surface area (Å²) in [5.41, 5.74) is -0.718. The van der Waals surface area contributed by atoms with E-state index in [9.17, 15) is 5.11 Å². The molecular formula is C17H33IN6O. The fraction of sp³-hybridized carbons (Fsp3) is 0.824. The Morgan fingerprint density at radius 1 is 1.32 bits per heavy atom. The molecule has 1 aromatic heterocycles. The molecule has 0 aromatic carbocycles. The van der Waals surface area contributed by atoms with E-state index in [2.05, 4.69) is 32.6 Å². The molecule has 1 unspecified atom stereocenters. The van der Waals surface area contributed by atoms with Crippen LogP contribution in [0, 0.1) is 0 Å². The molecule has 8 heteroatoms. The molecule has 0 spiro atoms. The number of aryl methyl sites for hydroxylation is 2. The molecule has 0 radical (unpaired) electrons. The molecule has 0 fully saturated rings. The van der Waals surface area contributed by atoms with Crippen LogP contribution in [0.25, 0.3) is 0 Å². The summed E-state index contributed by atoms with van der Waals surface area (Å²) in [6.45, 7) is 10.1. The smallest absolute Gasteiger partial charge is 0.191 e. The van der Waals surface area contributed by atoms with Crippen LogP contribution >= 0.6 is 24.0 Å². The average molecular weight is 464 g/mol. The summed E-state index contributed by atoms with van der Waals surface area (Å²) in [6.07, 6.45) is 4.22. The molecule has 1 aliphatic rings. The average Bonchev–Trinajstić information content (AvgIpc) is 3.02. The molecule has 0 saturated heterocycles. The van der Waals surface area contributed by atoms with Crippen LogP contribution in [0.1, 0.15) is 58.6 Å². The van der Waals surface area contributed by atoms with Crippen LogP contribution < -0.4 is 10.6 Å². The number of halogens is 1. The Morgan fingerprint density at radius 3 is 2.64 bits per heavy atom. The number of nitrogens with zero attached hydrogens (tertiary/aromatic N) is 4. The van der Waals surface area contributed by atoms with E-state index in [-0.39, 0.29) is 30.0 Å². The summed E-state index contributed by atoms with van der Waals surface area (Å²) in [7, 11) is 0. The van der Waals surface area contributed by atoms with Crippen LogP contribution in [-0.2, 0) is 19.4 Å². The molecule has 1 atom stereocenters. The van der Waals surface area contributed by atoms with Crippen molar-refractivity contribution in [1.82, 2.24) is 25.4 Å². The van der Waals surface area contributed by atoms with Crippen molar-refractivity contribution in [2.45, 2.75) is 78.0 Å². The minimum absolute atomic E-state index is 0. The van der Waals surface area contributed by atoms with Gasteiger partial charge in [-0.05, 0) is 26.2 Å². The van der Waals surface area contributed by atoms with Gasteiger partial charge in [0.15, 0.2) is 11.8 Å². The summed E-state index contributed by atoms with van der Waals surface area (Å²) < 4.78 is 2.01.